The van der Waals surface area contributed by atoms with Crippen molar-refractivity contribution in [1.82, 2.24) is 9.97 Å². The highest BCUT2D eigenvalue weighted by Crippen LogP contribution is 2.27. The van der Waals surface area contributed by atoms with E-state index in [-0.39, 0.29) is 11.5 Å². The van der Waals surface area contributed by atoms with Crippen molar-refractivity contribution in [1.29, 1.82) is 0 Å². The maximum absolute atomic E-state index is 11.8. The van der Waals surface area contributed by atoms with Crippen LogP contribution in [0.5, 0.6) is 5.75 Å². The first kappa shape index (κ1) is 13.9. The number of aromatic nitrogens is 2. The Morgan fingerprint density at radius 1 is 1.40 bits per heavy atom. The lowest BCUT2D eigenvalue weighted by molar-refractivity contribution is 0.318. The highest BCUT2D eigenvalue weighted by molar-refractivity contribution is 5.68. The molecule has 0 aliphatic carbocycles. The van der Waals surface area contributed by atoms with Crippen molar-refractivity contribution in [3.05, 3.63) is 34.6 Å². The Bertz CT molecular complexity index is 653. The average molecular weight is 275 g/mol. The number of nitrogen functional groups attached to an aromatic ring is 2. The zero-order valence-electron chi connectivity index (χ0n) is 11.1. The zero-order valence-corrected chi connectivity index (χ0v) is 11.1. The Labute approximate surface area is 115 Å². The second-order valence-electron chi connectivity index (χ2n) is 4.16. The van der Waals surface area contributed by atoms with Crippen molar-refractivity contribution in [2.75, 3.05) is 17.8 Å². The summed E-state index contributed by atoms with van der Waals surface area (Å²) in [5, 5.41) is 0. The molecule has 1 heterocycles. The van der Waals surface area contributed by atoms with Gasteiger partial charge in [0.2, 0.25) is 0 Å². The number of ether oxygens (including phenoxy) is 1. The van der Waals surface area contributed by atoms with Crippen LogP contribution in [0.15, 0.2) is 29.1 Å². The number of hydrazine groups is 1. The molecule has 7 heteroatoms. The highest BCUT2D eigenvalue weighted by atomic mass is 16.5. The first-order chi connectivity index (χ1) is 9.67. The molecule has 0 bridgehead atoms. The van der Waals surface area contributed by atoms with Crippen LogP contribution in [0, 0.1) is 0 Å². The number of anilines is 2. The van der Waals surface area contributed by atoms with E-state index in [1.54, 1.807) is 6.07 Å². The quantitative estimate of drug-likeness (QED) is 0.479. The number of rotatable bonds is 5. The highest BCUT2D eigenvalue weighted by Gasteiger charge is 2.12. The van der Waals surface area contributed by atoms with Crippen LogP contribution in [-0.2, 0) is 0 Å². The lowest BCUT2D eigenvalue weighted by Gasteiger charge is -2.11. The van der Waals surface area contributed by atoms with Gasteiger partial charge in [-0.05, 0) is 18.6 Å². The molecule has 106 valence electrons. The standard InChI is InChI=1S/C13H17N5O2/c1-2-7-20-9-6-4-3-5-8(9)12-16-11(14)10(18-15)13(19)17-12/h3-6,18H,2,7,15H2,1H3,(H3,14,16,17,19). The largest absolute Gasteiger partial charge is 0.493 e. The summed E-state index contributed by atoms with van der Waals surface area (Å²) in [5.74, 6) is 6.25. The predicted molar refractivity (Wildman–Crippen MR) is 78.3 cm³/mol. The lowest BCUT2D eigenvalue weighted by atomic mass is 10.2. The zero-order chi connectivity index (χ0) is 14.5. The second kappa shape index (κ2) is 6.07. The van der Waals surface area contributed by atoms with Gasteiger partial charge in [-0.1, -0.05) is 19.1 Å². The first-order valence-electron chi connectivity index (χ1n) is 6.26. The van der Waals surface area contributed by atoms with Crippen LogP contribution in [0.1, 0.15) is 13.3 Å². The Morgan fingerprint density at radius 2 is 2.15 bits per heavy atom. The van der Waals surface area contributed by atoms with Crippen LogP contribution >= 0.6 is 0 Å². The molecule has 0 spiro atoms. The molecule has 1 aromatic carbocycles. The van der Waals surface area contributed by atoms with Crippen LogP contribution in [-0.4, -0.2) is 16.6 Å². The summed E-state index contributed by atoms with van der Waals surface area (Å²) < 4.78 is 5.63. The fourth-order valence-electron chi connectivity index (χ4n) is 1.76. The van der Waals surface area contributed by atoms with Crippen molar-refractivity contribution in [2.45, 2.75) is 13.3 Å². The predicted octanol–water partition coefficient (Wildman–Crippen LogP) is 1.09. The molecular formula is C13H17N5O2. The van der Waals surface area contributed by atoms with Gasteiger partial charge >= 0.3 is 0 Å². The van der Waals surface area contributed by atoms with Gasteiger partial charge in [-0.2, -0.15) is 0 Å². The summed E-state index contributed by atoms with van der Waals surface area (Å²) in [7, 11) is 0. The van der Waals surface area contributed by atoms with Gasteiger partial charge < -0.3 is 20.9 Å². The molecule has 7 nitrogen and oxygen atoms in total. The minimum Gasteiger partial charge on any atom is -0.493 e. The van der Waals surface area contributed by atoms with E-state index in [0.717, 1.165) is 6.42 Å². The molecule has 0 amide bonds. The van der Waals surface area contributed by atoms with Gasteiger partial charge in [0.25, 0.3) is 5.56 Å². The normalized spacial score (nSPS) is 10.3. The number of nitrogens with two attached hydrogens (primary N) is 2. The van der Waals surface area contributed by atoms with Gasteiger partial charge in [-0.25, -0.2) is 4.98 Å². The molecule has 0 atom stereocenters. The average Bonchev–Trinajstić information content (AvgIpc) is 2.45. The molecule has 0 aliphatic heterocycles. The smallest absolute Gasteiger partial charge is 0.278 e. The fourth-order valence-corrected chi connectivity index (χ4v) is 1.76. The second-order valence-corrected chi connectivity index (χ2v) is 4.16. The molecule has 0 saturated heterocycles. The van der Waals surface area contributed by atoms with Crippen molar-refractivity contribution in [3.8, 4) is 17.1 Å². The molecule has 2 rings (SSSR count). The topological polar surface area (TPSA) is 119 Å². The Kier molecular flexibility index (Phi) is 4.21. The number of hydrogen-bond donors (Lipinski definition) is 4. The van der Waals surface area contributed by atoms with E-state index >= 15 is 0 Å². The SMILES string of the molecule is CCCOc1ccccc1-c1nc(N)c(NN)c(=O)[nH]1. The van der Waals surface area contributed by atoms with Gasteiger partial charge in [0.15, 0.2) is 11.5 Å². The van der Waals surface area contributed by atoms with Gasteiger partial charge in [0, 0.05) is 0 Å². The third-order valence-corrected chi connectivity index (χ3v) is 2.70. The lowest BCUT2D eigenvalue weighted by Crippen LogP contribution is -2.22. The maximum Gasteiger partial charge on any atom is 0.278 e. The number of nitrogens with one attached hydrogen (secondary N) is 2. The van der Waals surface area contributed by atoms with Gasteiger partial charge in [-0.15, -0.1) is 0 Å². The van der Waals surface area contributed by atoms with E-state index in [1.807, 2.05) is 25.1 Å². The Balaban J connectivity index is 2.49. The molecule has 0 fully saturated rings. The summed E-state index contributed by atoms with van der Waals surface area (Å²) in [6, 6.07) is 7.31. The number of hydrogen-bond acceptors (Lipinski definition) is 6. The van der Waals surface area contributed by atoms with E-state index in [2.05, 4.69) is 15.4 Å². The fraction of sp³-hybridized carbons (Fsp3) is 0.231. The van der Waals surface area contributed by atoms with E-state index in [1.165, 1.54) is 0 Å². The number of H-pyrrole nitrogens is 1. The molecule has 0 saturated carbocycles. The van der Waals surface area contributed by atoms with Gasteiger partial charge in [-0.3, -0.25) is 10.6 Å². The third kappa shape index (κ3) is 2.72. The minimum atomic E-state index is -0.430. The van der Waals surface area contributed by atoms with Gasteiger partial charge in [0.1, 0.15) is 11.6 Å². The van der Waals surface area contributed by atoms with Crippen LogP contribution < -0.4 is 27.3 Å². The molecule has 0 radical (unpaired) electrons. The Hall–Kier alpha value is -2.54. The number of benzene rings is 1. The molecule has 6 N–H and O–H groups in total. The van der Waals surface area contributed by atoms with E-state index in [0.29, 0.717) is 23.7 Å². The maximum atomic E-state index is 11.8. The molecule has 2 aromatic rings. The van der Waals surface area contributed by atoms with Crippen molar-refractivity contribution >= 4 is 11.5 Å². The van der Waals surface area contributed by atoms with Crippen LogP contribution in [0.2, 0.25) is 0 Å². The van der Waals surface area contributed by atoms with Crippen LogP contribution in [0.4, 0.5) is 11.5 Å². The van der Waals surface area contributed by atoms with Crippen molar-refractivity contribution in [2.24, 2.45) is 5.84 Å². The first-order valence-corrected chi connectivity index (χ1v) is 6.26. The van der Waals surface area contributed by atoms with E-state index in [9.17, 15) is 4.79 Å². The number of aromatic amines is 1. The molecule has 1 aromatic heterocycles. The molecule has 20 heavy (non-hydrogen) atoms. The summed E-state index contributed by atoms with van der Waals surface area (Å²) in [5.41, 5.74) is 8.22. The van der Waals surface area contributed by atoms with E-state index < -0.39 is 5.56 Å². The van der Waals surface area contributed by atoms with Crippen LogP contribution in [0.25, 0.3) is 11.4 Å². The molecule has 0 aliphatic rings. The van der Waals surface area contributed by atoms with E-state index in [4.69, 9.17) is 16.3 Å². The van der Waals surface area contributed by atoms with Crippen LogP contribution in [0.3, 0.4) is 0 Å². The van der Waals surface area contributed by atoms with Gasteiger partial charge in [0.05, 0.1) is 12.2 Å². The summed E-state index contributed by atoms with van der Waals surface area (Å²) in [6.07, 6.45) is 0.885. The number of para-hydroxylation sites is 1. The van der Waals surface area contributed by atoms with Crippen molar-refractivity contribution in [3.63, 3.8) is 0 Å². The third-order valence-electron chi connectivity index (χ3n) is 2.70. The van der Waals surface area contributed by atoms with Crippen molar-refractivity contribution < 1.29 is 4.74 Å². The summed E-state index contributed by atoms with van der Waals surface area (Å²) in [6.45, 7) is 2.60. The minimum absolute atomic E-state index is 0.0385. The Morgan fingerprint density at radius 3 is 2.80 bits per heavy atom. The molecular weight excluding hydrogens is 258 g/mol. The molecule has 0 unspecified atom stereocenters. The monoisotopic (exact) mass is 275 g/mol. The number of nitrogens with zero attached hydrogens (tertiary/aromatic N) is 1. The summed E-state index contributed by atoms with van der Waals surface area (Å²) in [4.78, 5) is 18.6. The summed E-state index contributed by atoms with van der Waals surface area (Å²) >= 11 is 0.